The molecule has 0 radical (unpaired) electrons. The number of aromatic nitrogens is 3. The smallest absolute Gasteiger partial charge is 0.264 e. The van der Waals surface area contributed by atoms with Gasteiger partial charge >= 0.3 is 0 Å². The minimum absolute atomic E-state index is 0.0952. The standard InChI is InChI=1S/C32H34N6O3/c1-4-40-32(2,3)17-23(18-33)31(39)38-16-8-9-24(38)19-37-20-27(28-29(34)35-21-36-30(28)37)22-12-14-26(15-13-22)41-25-10-6-5-7-11-25/h5-7,10-15,17,20-21,24H,4,8-9,16,19H2,1-3H3,(H2,34,35,36)/b23-17-/t24-/m1/s1. The predicted octanol–water partition coefficient (Wildman–Crippen LogP) is 5.73. The molecule has 5 rings (SSSR count). The van der Waals surface area contributed by atoms with E-state index in [2.05, 4.69) is 16.0 Å². The Bertz CT molecular complexity index is 1600. The van der Waals surface area contributed by atoms with Crippen molar-refractivity contribution in [1.29, 1.82) is 5.26 Å². The second kappa shape index (κ2) is 11.8. The molecule has 210 valence electrons. The third-order valence-corrected chi connectivity index (χ3v) is 7.23. The van der Waals surface area contributed by atoms with Crippen molar-refractivity contribution in [2.75, 3.05) is 18.9 Å². The van der Waals surface area contributed by atoms with Gasteiger partial charge in [0.2, 0.25) is 0 Å². The summed E-state index contributed by atoms with van der Waals surface area (Å²) in [6.45, 7) is 7.17. The van der Waals surface area contributed by atoms with E-state index in [4.69, 9.17) is 15.2 Å². The molecule has 2 aromatic carbocycles. The molecule has 1 aliphatic heterocycles. The molecule has 0 spiro atoms. The van der Waals surface area contributed by atoms with Crippen LogP contribution in [0.3, 0.4) is 0 Å². The van der Waals surface area contributed by atoms with E-state index in [0.29, 0.717) is 31.2 Å². The number of nitrogen functional groups attached to an aromatic ring is 1. The van der Waals surface area contributed by atoms with E-state index in [-0.39, 0.29) is 17.5 Å². The number of nitriles is 1. The second-order valence-electron chi connectivity index (χ2n) is 10.6. The summed E-state index contributed by atoms with van der Waals surface area (Å²) in [5.74, 6) is 1.60. The number of carbonyl (C=O) groups excluding carboxylic acids is 1. The molecular formula is C32H34N6O3. The van der Waals surface area contributed by atoms with Crippen LogP contribution in [0.25, 0.3) is 22.2 Å². The van der Waals surface area contributed by atoms with Crippen molar-refractivity contribution in [2.45, 2.75) is 51.8 Å². The predicted molar refractivity (Wildman–Crippen MR) is 158 cm³/mol. The third-order valence-electron chi connectivity index (χ3n) is 7.23. The first-order chi connectivity index (χ1) is 19.8. The first-order valence-corrected chi connectivity index (χ1v) is 13.8. The maximum atomic E-state index is 13.5. The molecule has 0 unspecified atom stereocenters. The van der Waals surface area contributed by atoms with Crippen LogP contribution in [-0.4, -0.2) is 50.1 Å². The highest BCUT2D eigenvalue weighted by molar-refractivity contribution is 6.01. The van der Waals surface area contributed by atoms with Crippen molar-refractivity contribution in [1.82, 2.24) is 19.4 Å². The Labute approximate surface area is 239 Å². The molecule has 1 amide bonds. The number of hydrogen-bond donors (Lipinski definition) is 1. The Balaban J connectivity index is 1.42. The number of nitrogens with zero attached hydrogens (tertiary/aromatic N) is 5. The summed E-state index contributed by atoms with van der Waals surface area (Å²) in [5.41, 5.74) is 8.28. The molecule has 1 fully saturated rings. The summed E-state index contributed by atoms with van der Waals surface area (Å²) in [4.78, 5) is 24.1. The van der Waals surface area contributed by atoms with Gasteiger partial charge in [-0.25, -0.2) is 9.97 Å². The summed E-state index contributed by atoms with van der Waals surface area (Å²) in [6.07, 6.45) is 6.77. The van der Waals surface area contributed by atoms with E-state index >= 15 is 0 Å². The van der Waals surface area contributed by atoms with Crippen LogP contribution in [0.4, 0.5) is 5.82 Å². The number of rotatable bonds is 9. The quantitative estimate of drug-likeness (QED) is 0.209. The molecule has 0 aliphatic carbocycles. The monoisotopic (exact) mass is 550 g/mol. The van der Waals surface area contributed by atoms with E-state index in [1.807, 2.05) is 86.1 Å². The van der Waals surface area contributed by atoms with Crippen LogP contribution in [0.15, 0.2) is 78.8 Å². The number of carbonyl (C=O) groups is 1. The Morgan fingerprint density at radius 1 is 1.15 bits per heavy atom. The number of hydrogen-bond acceptors (Lipinski definition) is 7. The fourth-order valence-corrected chi connectivity index (χ4v) is 5.41. The van der Waals surface area contributed by atoms with Crippen LogP contribution >= 0.6 is 0 Å². The molecule has 4 aromatic rings. The van der Waals surface area contributed by atoms with Gasteiger partial charge in [-0.05, 0) is 69.5 Å². The Morgan fingerprint density at radius 3 is 2.59 bits per heavy atom. The second-order valence-corrected chi connectivity index (χ2v) is 10.6. The number of amides is 1. The van der Waals surface area contributed by atoms with E-state index < -0.39 is 5.60 Å². The molecule has 9 heteroatoms. The van der Waals surface area contributed by atoms with Gasteiger partial charge in [0, 0.05) is 31.5 Å². The number of fused-ring (bicyclic) bond motifs is 1. The largest absolute Gasteiger partial charge is 0.457 e. The fraction of sp³-hybridized carbons (Fsp3) is 0.312. The number of benzene rings is 2. The van der Waals surface area contributed by atoms with Crippen LogP contribution in [0.2, 0.25) is 0 Å². The number of likely N-dealkylation sites (tertiary alicyclic amines) is 1. The fourth-order valence-electron chi connectivity index (χ4n) is 5.41. The first-order valence-electron chi connectivity index (χ1n) is 13.8. The molecule has 1 aliphatic rings. The van der Waals surface area contributed by atoms with E-state index in [9.17, 15) is 10.1 Å². The van der Waals surface area contributed by atoms with Crippen LogP contribution in [-0.2, 0) is 16.1 Å². The average molecular weight is 551 g/mol. The highest BCUT2D eigenvalue weighted by Gasteiger charge is 2.32. The summed E-state index contributed by atoms with van der Waals surface area (Å²) in [6, 6.07) is 19.4. The lowest BCUT2D eigenvalue weighted by atomic mass is 10.0. The topological polar surface area (TPSA) is 119 Å². The average Bonchev–Trinajstić information content (AvgIpc) is 3.58. The van der Waals surface area contributed by atoms with Gasteiger partial charge in [-0.15, -0.1) is 0 Å². The Morgan fingerprint density at radius 2 is 1.88 bits per heavy atom. The number of anilines is 1. The van der Waals surface area contributed by atoms with Gasteiger partial charge in [0.25, 0.3) is 5.91 Å². The van der Waals surface area contributed by atoms with Crippen LogP contribution in [0, 0.1) is 11.3 Å². The van der Waals surface area contributed by atoms with Crippen molar-refractivity contribution in [3.63, 3.8) is 0 Å². The molecule has 0 bridgehead atoms. The molecule has 41 heavy (non-hydrogen) atoms. The highest BCUT2D eigenvalue weighted by Crippen LogP contribution is 2.35. The van der Waals surface area contributed by atoms with Gasteiger partial charge in [-0.2, -0.15) is 5.26 Å². The molecule has 9 nitrogen and oxygen atoms in total. The van der Waals surface area contributed by atoms with Gasteiger partial charge in [-0.3, -0.25) is 4.79 Å². The summed E-state index contributed by atoms with van der Waals surface area (Å²) < 4.78 is 13.7. The number of ether oxygens (including phenoxy) is 2. The lowest BCUT2D eigenvalue weighted by molar-refractivity contribution is -0.127. The third kappa shape index (κ3) is 6.08. The SMILES string of the molecule is CCOC(C)(C)/C=C(/C#N)C(=O)N1CCC[C@@H]1Cn1cc(-c2ccc(Oc3ccccc3)cc2)c2c(N)ncnc21. The molecule has 0 saturated carbocycles. The van der Waals surface area contributed by atoms with Gasteiger partial charge in [0.1, 0.15) is 40.9 Å². The van der Waals surface area contributed by atoms with E-state index in [0.717, 1.165) is 40.9 Å². The minimum atomic E-state index is -0.716. The molecule has 2 aromatic heterocycles. The zero-order valence-electron chi connectivity index (χ0n) is 23.6. The van der Waals surface area contributed by atoms with Gasteiger partial charge < -0.3 is 24.7 Å². The van der Waals surface area contributed by atoms with Crippen molar-refractivity contribution >= 4 is 22.8 Å². The lowest BCUT2D eigenvalue weighted by Crippen LogP contribution is -2.39. The number of para-hydroxylation sites is 1. The molecule has 3 heterocycles. The summed E-state index contributed by atoms with van der Waals surface area (Å²) in [5, 5.41) is 10.6. The summed E-state index contributed by atoms with van der Waals surface area (Å²) >= 11 is 0. The summed E-state index contributed by atoms with van der Waals surface area (Å²) in [7, 11) is 0. The van der Waals surface area contributed by atoms with Crippen LogP contribution in [0.5, 0.6) is 11.5 Å². The zero-order valence-corrected chi connectivity index (χ0v) is 23.6. The lowest BCUT2D eigenvalue weighted by Gasteiger charge is -2.26. The zero-order chi connectivity index (χ0) is 29.0. The van der Waals surface area contributed by atoms with Crippen molar-refractivity contribution in [3.8, 4) is 28.7 Å². The molecule has 1 atom stereocenters. The maximum Gasteiger partial charge on any atom is 0.264 e. The van der Waals surface area contributed by atoms with Gasteiger partial charge in [-0.1, -0.05) is 30.3 Å². The van der Waals surface area contributed by atoms with Crippen LogP contribution < -0.4 is 10.5 Å². The minimum Gasteiger partial charge on any atom is -0.457 e. The Kier molecular flexibility index (Phi) is 8.04. The molecular weight excluding hydrogens is 516 g/mol. The number of nitrogens with two attached hydrogens (primary N) is 1. The van der Waals surface area contributed by atoms with E-state index in [1.165, 1.54) is 6.33 Å². The van der Waals surface area contributed by atoms with Gasteiger partial charge in [0.15, 0.2) is 0 Å². The van der Waals surface area contributed by atoms with E-state index in [1.54, 1.807) is 11.0 Å². The molecule has 1 saturated heterocycles. The maximum absolute atomic E-state index is 13.5. The van der Waals surface area contributed by atoms with Crippen molar-refractivity contribution in [2.24, 2.45) is 0 Å². The highest BCUT2D eigenvalue weighted by atomic mass is 16.5. The van der Waals surface area contributed by atoms with Crippen molar-refractivity contribution in [3.05, 3.63) is 78.8 Å². The van der Waals surface area contributed by atoms with Crippen molar-refractivity contribution < 1.29 is 14.3 Å². The first kappa shape index (κ1) is 27.9. The van der Waals surface area contributed by atoms with Gasteiger partial charge in [0.05, 0.1) is 17.0 Å². The Hall–Kier alpha value is -4.68. The normalized spacial score (nSPS) is 15.7. The molecule has 2 N–H and O–H groups in total. The van der Waals surface area contributed by atoms with Crippen LogP contribution in [0.1, 0.15) is 33.6 Å².